The maximum atomic E-state index is 11.9. The fourth-order valence-corrected chi connectivity index (χ4v) is 1.82. The Balaban J connectivity index is 2.92. The first-order valence-electron chi connectivity index (χ1n) is 6.24. The van der Waals surface area contributed by atoms with Gasteiger partial charge >= 0.3 is 11.9 Å². The molecule has 0 N–H and O–H groups in total. The topological polar surface area (TPSA) is 52.6 Å². The predicted octanol–water partition coefficient (Wildman–Crippen LogP) is 3.58. The Kier molecular flexibility index (Phi) is 6.56. The zero-order valence-corrected chi connectivity index (χ0v) is 12.7. The van der Waals surface area contributed by atoms with Gasteiger partial charge in [0.15, 0.2) is 0 Å². The second-order valence-corrected chi connectivity index (χ2v) is 4.82. The van der Waals surface area contributed by atoms with Crippen molar-refractivity contribution in [2.75, 3.05) is 13.2 Å². The van der Waals surface area contributed by atoms with Crippen molar-refractivity contribution < 1.29 is 19.1 Å². The molecule has 0 bridgehead atoms. The molecule has 0 fully saturated rings. The Hall–Kier alpha value is -1.36. The molecule has 0 aliphatic carbocycles. The van der Waals surface area contributed by atoms with Crippen molar-refractivity contribution in [3.63, 3.8) is 0 Å². The highest BCUT2D eigenvalue weighted by Crippen LogP contribution is 2.19. The molecular weight excluding hydrogens is 312 g/mol. The summed E-state index contributed by atoms with van der Waals surface area (Å²) < 4.78 is 10.8. The van der Waals surface area contributed by atoms with Crippen molar-refractivity contribution in [2.24, 2.45) is 0 Å². The van der Waals surface area contributed by atoms with Crippen molar-refractivity contribution >= 4 is 27.9 Å². The van der Waals surface area contributed by atoms with Crippen LogP contribution in [0.5, 0.6) is 0 Å². The molecule has 1 aromatic rings. The van der Waals surface area contributed by atoms with E-state index < -0.39 is 11.9 Å². The van der Waals surface area contributed by atoms with E-state index in [2.05, 4.69) is 15.9 Å². The van der Waals surface area contributed by atoms with Crippen molar-refractivity contribution in [3.05, 3.63) is 33.8 Å². The maximum Gasteiger partial charge on any atom is 0.339 e. The minimum atomic E-state index is -0.522. The summed E-state index contributed by atoms with van der Waals surface area (Å²) in [4.78, 5) is 23.7. The van der Waals surface area contributed by atoms with E-state index in [1.807, 2.05) is 6.92 Å². The summed E-state index contributed by atoms with van der Waals surface area (Å²) in [6.07, 6.45) is 1.75. The summed E-state index contributed by atoms with van der Waals surface area (Å²) in [6.45, 7) is 4.34. The van der Waals surface area contributed by atoms with Gasteiger partial charge in [-0.3, -0.25) is 0 Å². The molecule has 0 unspecified atom stereocenters. The van der Waals surface area contributed by atoms with Crippen LogP contribution in [0.3, 0.4) is 0 Å². The van der Waals surface area contributed by atoms with Crippen molar-refractivity contribution in [2.45, 2.75) is 26.7 Å². The Morgan fingerprint density at radius 2 is 1.79 bits per heavy atom. The zero-order chi connectivity index (χ0) is 14.3. The van der Waals surface area contributed by atoms with Gasteiger partial charge in [-0.2, -0.15) is 0 Å². The van der Waals surface area contributed by atoms with Crippen LogP contribution < -0.4 is 0 Å². The molecule has 1 aromatic carbocycles. The van der Waals surface area contributed by atoms with Gasteiger partial charge < -0.3 is 9.47 Å². The minimum Gasteiger partial charge on any atom is -0.462 e. The first kappa shape index (κ1) is 15.7. The van der Waals surface area contributed by atoms with Crippen LogP contribution in [0.2, 0.25) is 0 Å². The van der Waals surface area contributed by atoms with Gasteiger partial charge in [-0.1, -0.05) is 29.3 Å². The van der Waals surface area contributed by atoms with Gasteiger partial charge in [-0.05, 0) is 31.5 Å². The normalized spacial score (nSPS) is 10.1. The van der Waals surface area contributed by atoms with Crippen LogP contribution in [0, 0.1) is 0 Å². The van der Waals surface area contributed by atoms with Crippen LogP contribution in [-0.4, -0.2) is 25.2 Å². The quantitative estimate of drug-likeness (QED) is 0.591. The van der Waals surface area contributed by atoms with Crippen molar-refractivity contribution in [1.29, 1.82) is 0 Å². The van der Waals surface area contributed by atoms with Crippen LogP contribution in [-0.2, 0) is 9.47 Å². The van der Waals surface area contributed by atoms with Crippen molar-refractivity contribution in [3.8, 4) is 0 Å². The summed E-state index contributed by atoms with van der Waals surface area (Å²) >= 11 is 3.27. The highest BCUT2D eigenvalue weighted by molar-refractivity contribution is 9.10. The molecule has 0 aromatic heterocycles. The number of halogens is 1. The lowest BCUT2D eigenvalue weighted by Gasteiger charge is -2.09. The molecule has 19 heavy (non-hydrogen) atoms. The third-order valence-corrected chi connectivity index (χ3v) is 2.92. The van der Waals surface area contributed by atoms with E-state index in [0.717, 1.165) is 12.8 Å². The summed E-state index contributed by atoms with van der Waals surface area (Å²) in [5, 5.41) is 0. The third kappa shape index (κ3) is 4.67. The summed E-state index contributed by atoms with van der Waals surface area (Å²) in [6, 6.07) is 4.82. The number of benzene rings is 1. The number of unbranched alkanes of at least 4 members (excludes halogenated alkanes) is 1. The van der Waals surface area contributed by atoms with Gasteiger partial charge in [-0.15, -0.1) is 0 Å². The Bertz CT molecular complexity index is 457. The number of esters is 2. The van der Waals surface area contributed by atoms with Crippen LogP contribution >= 0.6 is 15.9 Å². The fourth-order valence-electron chi connectivity index (χ4n) is 1.46. The zero-order valence-electron chi connectivity index (χ0n) is 11.1. The number of hydrogen-bond donors (Lipinski definition) is 0. The molecule has 0 atom stereocenters. The first-order chi connectivity index (χ1) is 9.10. The molecule has 0 aliphatic rings. The van der Waals surface area contributed by atoms with Gasteiger partial charge in [0.2, 0.25) is 0 Å². The molecule has 0 radical (unpaired) electrons. The molecule has 0 spiro atoms. The molecular formula is C14H17BrO4. The van der Waals surface area contributed by atoms with E-state index >= 15 is 0 Å². The second kappa shape index (κ2) is 7.94. The van der Waals surface area contributed by atoms with E-state index in [0.29, 0.717) is 11.1 Å². The number of carbonyl (C=O) groups is 2. The maximum absolute atomic E-state index is 11.9. The van der Waals surface area contributed by atoms with E-state index in [4.69, 9.17) is 9.47 Å². The van der Waals surface area contributed by atoms with E-state index in [-0.39, 0.29) is 17.7 Å². The highest BCUT2D eigenvalue weighted by Gasteiger charge is 2.19. The van der Waals surface area contributed by atoms with E-state index in [9.17, 15) is 9.59 Å². The summed E-state index contributed by atoms with van der Waals surface area (Å²) in [5.41, 5.74) is 0.454. The van der Waals surface area contributed by atoms with Gasteiger partial charge in [-0.25, -0.2) is 9.59 Å². The smallest absolute Gasteiger partial charge is 0.339 e. The largest absolute Gasteiger partial charge is 0.462 e. The molecule has 0 aliphatic heterocycles. The standard InChI is InChI=1S/C14H17BrO4/c1-3-5-8-19-13(16)11-7-6-10(15)9-12(11)14(17)18-4-2/h6-7,9H,3-5,8H2,1-2H3. The molecule has 1 rings (SSSR count). The lowest BCUT2D eigenvalue weighted by Crippen LogP contribution is -2.14. The SMILES string of the molecule is CCCCOC(=O)c1ccc(Br)cc1C(=O)OCC. The number of carbonyl (C=O) groups excluding carboxylic acids is 2. The predicted molar refractivity (Wildman–Crippen MR) is 75.3 cm³/mol. The lowest BCUT2D eigenvalue weighted by atomic mass is 10.1. The molecule has 4 nitrogen and oxygen atoms in total. The first-order valence-corrected chi connectivity index (χ1v) is 7.03. The van der Waals surface area contributed by atoms with E-state index in [1.165, 1.54) is 0 Å². The van der Waals surface area contributed by atoms with Crippen LogP contribution in [0.4, 0.5) is 0 Å². The van der Waals surface area contributed by atoms with Gasteiger partial charge in [0.1, 0.15) is 0 Å². The van der Waals surface area contributed by atoms with Crippen LogP contribution in [0.1, 0.15) is 47.4 Å². The van der Waals surface area contributed by atoms with Crippen LogP contribution in [0.15, 0.2) is 22.7 Å². The highest BCUT2D eigenvalue weighted by atomic mass is 79.9. The Labute approximate surface area is 121 Å². The molecule has 0 heterocycles. The number of hydrogen-bond acceptors (Lipinski definition) is 4. The van der Waals surface area contributed by atoms with Crippen LogP contribution in [0.25, 0.3) is 0 Å². The number of rotatable bonds is 6. The molecule has 104 valence electrons. The number of ether oxygens (including phenoxy) is 2. The second-order valence-electron chi connectivity index (χ2n) is 3.90. The monoisotopic (exact) mass is 328 g/mol. The minimum absolute atomic E-state index is 0.220. The molecule has 0 saturated heterocycles. The van der Waals surface area contributed by atoms with Gasteiger partial charge in [0.25, 0.3) is 0 Å². The summed E-state index contributed by atoms with van der Waals surface area (Å²) in [7, 11) is 0. The average Bonchev–Trinajstić information content (AvgIpc) is 2.39. The van der Waals surface area contributed by atoms with Gasteiger partial charge in [0, 0.05) is 4.47 Å². The molecule has 0 saturated carbocycles. The average molecular weight is 329 g/mol. The fraction of sp³-hybridized carbons (Fsp3) is 0.429. The lowest BCUT2D eigenvalue weighted by molar-refractivity contribution is 0.0463. The van der Waals surface area contributed by atoms with Crippen molar-refractivity contribution in [1.82, 2.24) is 0 Å². The Morgan fingerprint density at radius 3 is 2.42 bits per heavy atom. The van der Waals surface area contributed by atoms with E-state index in [1.54, 1.807) is 25.1 Å². The summed E-state index contributed by atoms with van der Waals surface area (Å²) in [5.74, 6) is -1.02. The molecule has 5 heteroatoms. The van der Waals surface area contributed by atoms with Gasteiger partial charge in [0.05, 0.1) is 24.3 Å². The molecule has 0 amide bonds. The Morgan fingerprint density at radius 1 is 1.11 bits per heavy atom. The third-order valence-electron chi connectivity index (χ3n) is 2.43.